The highest BCUT2D eigenvalue weighted by atomic mass is 16.6. The van der Waals surface area contributed by atoms with Crippen LogP contribution in [0.1, 0.15) is 28.8 Å². The van der Waals surface area contributed by atoms with Gasteiger partial charge >= 0.3 is 0 Å². The van der Waals surface area contributed by atoms with Gasteiger partial charge in [0, 0.05) is 57.2 Å². The zero-order valence-corrected chi connectivity index (χ0v) is 17.8. The molecule has 4 rings (SSSR count). The van der Waals surface area contributed by atoms with E-state index in [-0.39, 0.29) is 17.2 Å². The highest BCUT2D eigenvalue weighted by molar-refractivity contribution is 5.99. The lowest BCUT2D eigenvalue weighted by Crippen LogP contribution is -2.37. The fourth-order valence-electron chi connectivity index (χ4n) is 4.29. The minimum atomic E-state index is -0.471. The van der Waals surface area contributed by atoms with E-state index in [4.69, 9.17) is 4.74 Å². The van der Waals surface area contributed by atoms with Crippen LogP contribution in [0.3, 0.4) is 0 Å². The number of para-hydroxylation sites is 1. The number of carbonyl (C=O) groups excluding carboxylic acids is 1. The van der Waals surface area contributed by atoms with Gasteiger partial charge in [-0.05, 0) is 36.6 Å². The standard InChI is InChI=1S/C23H28N4O4/c1-24(17-18-6-2-3-7-21(18)25-12-14-31-15-13-25)19-8-9-22(27(29)30)20(16-19)23(28)26-10-4-5-11-26/h2-3,6-9,16H,4-5,10-15,17H2,1H3. The van der Waals surface area contributed by atoms with Gasteiger partial charge in [-0.3, -0.25) is 14.9 Å². The number of nitrogens with zero attached hydrogens (tertiary/aromatic N) is 4. The third kappa shape index (κ3) is 4.64. The molecule has 2 aliphatic heterocycles. The van der Waals surface area contributed by atoms with E-state index in [1.807, 2.05) is 24.1 Å². The summed E-state index contributed by atoms with van der Waals surface area (Å²) in [6, 6.07) is 13.1. The average molecular weight is 425 g/mol. The van der Waals surface area contributed by atoms with Gasteiger partial charge in [0.1, 0.15) is 5.56 Å². The van der Waals surface area contributed by atoms with Crippen LogP contribution in [0.4, 0.5) is 17.1 Å². The van der Waals surface area contributed by atoms with Crippen molar-refractivity contribution >= 4 is 23.0 Å². The molecule has 0 aliphatic carbocycles. The normalized spacial score (nSPS) is 16.4. The smallest absolute Gasteiger partial charge is 0.282 e. The summed E-state index contributed by atoms with van der Waals surface area (Å²) in [4.78, 5) is 30.1. The molecular weight excluding hydrogens is 396 g/mol. The van der Waals surface area contributed by atoms with E-state index in [2.05, 4.69) is 17.0 Å². The van der Waals surface area contributed by atoms with Crippen molar-refractivity contribution in [3.05, 3.63) is 63.7 Å². The van der Waals surface area contributed by atoms with Gasteiger partial charge in [0.15, 0.2) is 0 Å². The van der Waals surface area contributed by atoms with Crippen molar-refractivity contribution in [2.24, 2.45) is 0 Å². The lowest BCUT2D eigenvalue weighted by Gasteiger charge is -2.32. The molecule has 0 unspecified atom stereocenters. The third-order valence-corrected chi connectivity index (χ3v) is 5.99. The van der Waals surface area contributed by atoms with Crippen molar-refractivity contribution in [2.45, 2.75) is 19.4 Å². The van der Waals surface area contributed by atoms with Crippen molar-refractivity contribution < 1.29 is 14.5 Å². The molecule has 2 aliphatic rings. The fraction of sp³-hybridized carbons (Fsp3) is 0.435. The minimum Gasteiger partial charge on any atom is -0.378 e. The number of amides is 1. The largest absolute Gasteiger partial charge is 0.378 e. The molecule has 2 fully saturated rings. The Morgan fingerprint density at radius 3 is 2.52 bits per heavy atom. The molecule has 31 heavy (non-hydrogen) atoms. The van der Waals surface area contributed by atoms with Crippen LogP contribution in [-0.4, -0.2) is 62.2 Å². The lowest BCUT2D eigenvalue weighted by molar-refractivity contribution is -0.385. The Bertz CT molecular complexity index is 952. The molecule has 0 saturated carbocycles. The molecule has 2 aromatic carbocycles. The molecule has 0 spiro atoms. The molecular formula is C23H28N4O4. The van der Waals surface area contributed by atoms with Gasteiger partial charge in [0.05, 0.1) is 18.1 Å². The maximum absolute atomic E-state index is 13.0. The topological polar surface area (TPSA) is 79.2 Å². The Morgan fingerprint density at radius 2 is 1.81 bits per heavy atom. The fourth-order valence-corrected chi connectivity index (χ4v) is 4.29. The number of anilines is 2. The average Bonchev–Trinajstić information content (AvgIpc) is 3.34. The summed E-state index contributed by atoms with van der Waals surface area (Å²) >= 11 is 0. The van der Waals surface area contributed by atoms with Crippen LogP contribution in [0.25, 0.3) is 0 Å². The van der Waals surface area contributed by atoms with E-state index >= 15 is 0 Å². The van der Waals surface area contributed by atoms with Crippen LogP contribution in [0, 0.1) is 10.1 Å². The Hall–Kier alpha value is -3.13. The number of hydrogen-bond donors (Lipinski definition) is 0. The second kappa shape index (κ2) is 9.34. The first-order chi connectivity index (χ1) is 15.0. The quantitative estimate of drug-likeness (QED) is 0.523. The Kier molecular flexibility index (Phi) is 6.36. The van der Waals surface area contributed by atoms with Gasteiger partial charge in [-0.15, -0.1) is 0 Å². The van der Waals surface area contributed by atoms with Gasteiger partial charge in [-0.25, -0.2) is 0 Å². The van der Waals surface area contributed by atoms with Crippen molar-refractivity contribution in [3.8, 4) is 0 Å². The van der Waals surface area contributed by atoms with Gasteiger partial charge < -0.3 is 19.4 Å². The zero-order valence-electron chi connectivity index (χ0n) is 17.8. The van der Waals surface area contributed by atoms with E-state index in [1.165, 1.54) is 11.8 Å². The molecule has 8 heteroatoms. The van der Waals surface area contributed by atoms with E-state index in [1.54, 1.807) is 17.0 Å². The molecule has 0 aromatic heterocycles. The molecule has 164 valence electrons. The number of carbonyl (C=O) groups is 1. The van der Waals surface area contributed by atoms with Crippen LogP contribution in [0.2, 0.25) is 0 Å². The predicted molar refractivity (Wildman–Crippen MR) is 120 cm³/mol. The first-order valence-corrected chi connectivity index (χ1v) is 10.7. The molecule has 2 aromatic rings. The van der Waals surface area contributed by atoms with Crippen LogP contribution >= 0.6 is 0 Å². The zero-order chi connectivity index (χ0) is 21.8. The van der Waals surface area contributed by atoms with Gasteiger partial charge in [-0.1, -0.05) is 18.2 Å². The van der Waals surface area contributed by atoms with E-state index < -0.39 is 4.92 Å². The third-order valence-electron chi connectivity index (χ3n) is 5.99. The molecule has 0 N–H and O–H groups in total. The van der Waals surface area contributed by atoms with Crippen molar-refractivity contribution in [1.82, 2.24) is 4.90 Å². The van der Waals surface area contributed by atoms with Gasteiger partial charge in [0.25, 0.3) is 11.6 Å². The Balaban J connectivity index is 1.59. The number of nitro groups is 1. The van der Waals surface area contributed by atoms with E-state index in [9.17, 15) is 14.9 Å². The first kappa shape index (κ1) is 21.1. The number of hydrogen-bond acceptors (Lipinski definition) is 6. The SMILES string of the molecule is CN(Cc1ccccc1N1CCOCC1)c1ccc([N+](=O)[O-])c(C(=O)N2CCCC2)c1. The van der Waals surface area contributed by atoms with Crippen LogP contribution in [0.5, 0.6) is 0 Å². The number of benzene rings is 2. The second-order valence-corrected chi connectivity index (χ2v) is 8.04. The van der Waals surface area contributed by atoms with Crippen molar-refractivity contribution in [2.75, 3.05) is 56.2 Å². The van der Waals surface area contributed by atoms with Gasteiger partial charge in [0.2, 0.25) is 0 Å². The number of ether oxygens (including phenoxy) is 1. The molecule has 0 bridgehead atoms. The summed E-state index contributed by atoms with van der Waals surface area (Å²) in [6.45, 7) is 5.08. The van der Waals surface area contributed by atoms with E-state index in [0.717, 1.165) is 37.2 Å². The van der Waals surface area contributed by atoms with Crippen LogP contribution < -0.4 is 9.80 Å². The van der Waals surface area contributed by atoms with Crippen LogP contribution in [0.15, 0.2) is 42.5 Å². The maximum atomic E-state index is 13.0. The number of morpholine rings is 1. The lowest BCUT2D eigenvalue weighted by atomic mass is 10.1. The first-order valence-electron chi connectivity index (χ1n) is 10.7. The molecule has 0 atom stereocenters. The summed E-state index contributed by atoms with van der Waals surface area (Å²) < 4.78 is 5.48. The second-order valence-electron chi connectivity index (χ2n) is 8.04. The molecule has 0 radical (unpaired) electrons. The highest BCUT2D eigenvalue weighted by Gasteiger charge is 2.27. The summed E-state index contributed by atoms with van der Waals surface area (Å²) in [6.07, 6.45) is 1.88. The monoisotopic (exact) mass is 424 g/mol. The maximum Gasteiger partial charge on any atom is 0.282 e. The summed E-state index contributed by atoms with van der Waals surface area (Å²) in [5.74, 6) is -0.256. The Morgan fingerprint density at radius 1 is 1.10 bits per heavy atom. The molecule has 2 heterocycles. The van der Waals surface area contributed by atoms with Crippen LogP contribution in [-0.2, 0) is 11.3 Å². The Labute approximate surface area is 182 Å². The summed E-state index contributed by atoms with van der Waals surface area (Å²) in [7, 11) is 1.95. The summed E-state index contributed by atoms with van der Waals surface area (Å²) in [5, 5.41) is 11.5. The number of nitro benzene ring substituents is 1. The van der Waals surface area contributed by atoms with Crippen molar-refractivity contribution in [3.63, 3.8) is 0 Å². The molecule has 8 nitrogen and oxygen atoms in total. The van der Waals surface area contributed by atoms with E-state index in [0.29, 0.717) is 32.8 Å². The van der Waals surface area contributed by atoms with Gasteiger partial charge in [-0.2, -0.15) is 0 Å². The van der Waals surface area contributed by atoms with Crippen molar-refractivity contribution in [1.29, 1.82) is 0 Å². The summed E-state index contributed by atoms with van der Waals surface area (Å²) in [5.41, 5.74) is 3.15. The number of rotatable bonds is 6. The number of likely N-dealkylation sites (tertiary alicyclic amines) is 1. The minimum absolute atomic E-state index is 0.136. The molecule has 1 amide bonds. The predicted octanol–water partition coefficient (Wildman–Crippen LogP) is 3.30. The highest BCUT2D eigenvalue weighted by Crippen LogP contribution is 2.29. The molecule has 2 saturated heterocycles.